The second-order valence-corrected chi connectivity index (χ2v) is 15.3. The Morgan fingerprint density at radius 3 is 1.22 bits per heavy atom. The summed E-state index contributed by atoms with van der Waals surface area (Å²) in [5.41, 5.74) is 0. The van der Waals surface area contributed by atoms with Gasteiger partial charge in [0.15, 0.2) is 0 Å². The molecule has 0 rings (SSSR count). The topological polar surface area (TPSA) is 86.2 Å². The molecule has 2 radical (unpaired) electrons. The molecule has 0 amide bonds. The summed E-state index contributed by atoms with van der Waals surface area (Å²) in [5.74, 6) is 0. The van der Waals surface area contributed by atoms with Crippen molar-refractivity contribution in [2.24, 2.45) is 0 Å². The number of hydrogen-bond donors (Lipinski definition) is 0. The van der Waals surface area contributed by atoms with E-state index in [0.717, 1.165) is 0 Å². The molecule has 0 aromatic carbocycles. The van der Waals surface area contributed by atoms with Crippen LogP contribution in [-0.2, 0) is 17.3 Å². The van der Waals surface area contributed by atoms with Gasteiger partial charge in [-0.15, -0.1) is 0 Å². The van der Waals surface area contributed by atoms with E-state index >= 15 is 0 Å². The van der Waals surface area contributed by atoms with E-state index in [1.54, 1.807) is 0 Å². The average Bonchev–Trinajstić information content (AvgIpc) is 1.27. The third-order valence-corrected chi connectivity index (χ3v) is 0. The van der Waals surface area contributed by atoms with Crippen molar-refractivity contribution < 1.29 is 32.0 Å². The molecule has 0 aliphatic rings. The fraction of sp³-hybridized carbons (Fsp3) is 0. The molecule has 0 aromatic heterocycles. The van der Waals surface area contributed by atoms with E-state index in [2.05, 4.69) is 25.9 Å². The van der Waals surface area contributed by atoms with E-state index in [1.807, 2.05) is 0 Å². The molecule has 0 aromatic rings. The molecule has 4 nitrogen and oxygen atoms in total. The molecule has 0 N–H and O–H groups in total. The van der Waals surface area contributed by atoms with E-state index in [0.29, 0.717) is 0 Å². The van der Waals surface area contributed by atoms with Gasteiger partial charge in [-0.05, 0) is 0 Å². The SMILES string of the molecule is O=P([O-])([O-])[O-].[As+3].[Se]=[Re]=[Se]. The second kappa shape index (κ2) is 10.4. The van der Waals surface area contributed by atoms with Crippen LogP contribution in [0.15, 0.2) is 0 Å². The van der Waals surface area contributed by atoms with Gasteiger partial charge in [0.05, 0.1) is 0 Å². The van der Waals surface area contributed by atoms with Crippen LogP contribution in [0.5, 0.6) is 0 Å². The number of rotatable bonds is 0. The van der Waals surface area contributed by atoms with Crippen LogP contribution >= 0.6 is 7.82 Å². The zero-order valence-electron chi connectivity index (χ0n) is 3.72. The van der Waals surface area contributed by atoms with Gasteiger partial charge < -0.3 is 19.2 Å². The van der Waals surface area contributed by atoms with Crippen LogP contribution in [0.25, 0.3) is 0 Å². The van der Waals surface area contributed by atoms with Crippen LogP contribution in [0, 0.1) is 0 Å². The second-order valence-electron chi connectivity index (χ2n) is 0.510. The summed E-state index contributed by atoms with van der Waals surface area (Å²) in [5, 5.41) is 0. The maximum absolute atomic E-state index is 8.55. The van der Waals surface area contributed by atoms with Gasteiger partial charge >= 0.3 is 56.6 Å². The van der Waals surface area contributed by atoms with Gasteiger partial charge in [-0.3, -0.25) is 0 Å². The molecule has 0 saturated carbocycles. The van der Waals surface area contributed by atoms with E-state index in [9.17, 15) is 0 Å². The van der Waals surface area contributed by atoms with Crippen molar-refractivity contribution in [1.29, 1.82) is 0 Å². The monoisotopic (exact) mass is 517 g/mol. The third kappa shape index (κ3) is 129. The van der Waals surface area contributed by atoms with Gasteiger partial charge in [-0.25, -0.2) is 0 Å². The van der Waals surface area contributed by atoms with Crippen LogP contribution in [-0.4, -0.2) is 43.9 Å². The fourth-order valence-electron chi connectivity index (χ4n) is 0. The summed E-state index contributed by atoms with van der Waals surface area (Å²) in [7, 11) is -5.39. The van der Waals surface area contributed by atoms with Crippen LogP contribution in [0.2, 0.25) is 0 Å². The molecule has 53 valence electrons. The Labute approximate surface area is 82.8 Å². The first-order chi connectivity index (χ1) is 3.41. The standard InChI is InChI=1S/As.H3O4P.Re.2Se/c;1-5(2,3)4;;;/h;(H3,1,2,3,4);;;/q+3;;;;/p-3. The first-order valence-electron chi connectivity index (χ1n) is 1.04. The van der Waals surface area contributed by atoms with E-state index in [4.69, 9.17) is 19.2 Å². The quantitative estimate of drug-likeness (QED) is 0.244. The summed E-state index contributed by atoms with van der Waals surface area (Å²) in [6, 6.07) is 0. The predicted octanol–water partition coefficient (Wildman–Crippen LogP) is -3.97. The van der Waals surface area contributed by atoms with Crippen molar-refractivity contribution in [3.05, 3.63) is 0 Å². The predicted molar refractivity (Wildman–Crippen MR) is 24.9 cm³/mol. The maximum atomic E-state index is 8.55. The Morgan fingerprint density at radius 2 is 1.22 bits per heavy atom. The summed E-state index contributed by atoms with van der Waals surface area (Å²) < 4.78 is 8.55. The molecule has 0 atom stereocenters. The Morgan fingerprint density at radius 1 is 1.22 bits per heavy atom. The van der Waals surface area contributed by atoms with Crippen LogP contribution in [0.1, 0.15) is 0 Å². The van der Waals surface area contributed by atoms with Gasteiger partial charge in [0.2, 0.25) is 0 Å². The molecular formula is AsO4PReSe2. The molecule has 0 aliphatic heterocycles. The molecule has 0 bridgehead atoms. The minimum atomic E-state index is -5.39. The minimum absolute atomic E-state index is 0. The van der Waals surface area contributed by atoms with E-state index < -0.39 is 7.82 Å². The van der Waals surface area contributed by atoms with Gasteiger partial charge in [0.25, 0.3) is 0 Å². The van der Waals surface area contributed by atoms with Gasteiger partial charge in [0, 0.05) is 0 Å². The fourth-order valence-corrected chi connectivity index (χ4v) is 0. The van der Waals surface area contributed by atoms with Gasteiger partial charge in [0.1, 0.15) is 0 Å². The zero-order valence-corrected chi connectivity index (χ0v) is 12.6. The summed E-state index contributed by atoms with van der Waals surface area (Å²) in [6.45, 7) is 0. The molecule has 0 unspecified atom stereocenters. The summed E-state index contributed by atoms with van der Waals surface area (Å²) in [6.07, 6.45) is 0. The zero-order chi connectivity index (χ0) is 7.21. The Balaban J connectivity index is -0.0000000800. The van der Waals surface area contributed by atoms with Gasteiger partial charge in [-0.2, -0.15) is 7.82 Å². The van der Waals surface area contributed by atoms with Crippen molar-refractivity contribution in [3.63, 3.8) is 0 Å². The number of phosphoric acid groups is 1. The first kappa shape index (κ1) is 17.5. The first-order valence-corrected chi connectivity index (χ1v) is 15.3. The van der Waals surface area contributed by atoms with Crippen LogP contribution in [0.3, 0.4) is 0 Å². The molecule has 0 aliphatic carbocycles. The molecule has 0 spiro atoms. The van der Waals surface area contributed by atoms with Gasteiger partial charge in [-0.1, -0.05) is 0 Å². The average molecular weight is 514 g/mol. The number of hydrogen-bond acceptors (Lipinski definition) is 4. The molecule has 0 saturated heterocycles. The van der Waals surface area contributed by atoms with Crippen molar-refractivity contribution in [1.82, 2.24) is 0 Å². The van der Waals surface area contributed by atoms with Crippen molar-refractivity contribution in [2.45, 2.75) is 0 Å². The van der Waals surface area contributed by atoms with E-state index in [-0.39, 0.29) is 30.7 Å². The van der Waals surface area contributed by atoms with Crippen molar-refractivity contribution >= 4 is 51.7 Å². The Kier molecular flexibility index (Phi) is 20.1. The normalized spacial score (nSPS) is 7.89. The van der Waals surface area contributed by atoms with Crippen molar-refractivity contribution in [3.8, 4) is 0 Å². The molecule has 9 heteroatoms. The van der Waals surface area contributed by atoms with Crippen molar-refractivity contribution in [2.75, 3.05) is 0 Å². The van der Waals surface area contributed by atoms with E-state index in [1.165, 1.54) is 0 Å². The Bertz CT molecular complexity index is 116. The molecular weight excluding hydrogens is 514 g/mol. The molecule has 0 heterocycles. The van der Waals surface area contributed by atoms with Crippen LogP contribution < -0.4 is 14.7 Å². The summed E-state index contributed by atoms with van der Waals surface area (Å²) in [4.78, 5) is 25.6. The molecule has 9 heavy (non-hydrogen) atoms. The molecule has 0 fully saturated rings. The third-order valence-electron chi connectivity index (χ3n) is 0. The summed E-state index contributed by atoms with van der Waals surface area (Å²) >= 11 is 5.89. The Hall–Kier alpha value is 2.37. The van der Waals surface area contributed by atoms with Crippen LogP contribution in [0.4, 0.5) is 0 Å².